The molecule has 0 heteroatoms. The van der Waals surface area contributed by atoms with Gasteiger partial charge in [-0.25, -0.2) is 0 Å². The van der Waals surface area contributed by atoms with Crippen molar-refractivity contribution in [2.24, 2.45) is 29.6 Å². The van der Waals surface area contributed by atoms with Gasteiger partial charge in [-0.05, 0) is 55.3 Å². The Balaban J connectivity index is 1.84. The number of hydrogen-bond donors (Lipinski definition) is 0. The first-order chi connectivity index (χ1) is 4.86. The van der Waals surface area contributed by atoms with Gasteiger partial charge in [-0.2, -0.15) is 0 Å². The molecule has 56 valence electrons. The van der Waals surface area contributed by atoms with Crippen LogP contribution in [0.2, 0.25) is 0 Å². The van der Waals surface area contributed by atoms with Crippen molar-refractivity contribution in [3.8, 4) is 0 Å². The molecule has 0 aromatic heterocycles. The Bertz CT molecular complexity index is 161. The maximum absolute atomic E-state index is 2.46. The van der Waals surface area contributed by atoms with E-state index in [-0.39, 0.29) is 0 Å². The lowest BCUT2D eigenvalue weighted by Gasteiger charge is -2.44. The molecule has 3 rings (SSSR count). The lowest BCUT2D eigenvalue weighted by atomic mass is 9.61. The second-order valence-electron chi connectivity index (χ2n) is 4.79. The quantitative estimate of drug-likeness (QED) is 0.480. The van der Waals surface area contributed by atoms with Crippen LogP contribution >= 0.6 is 0 Å². The lowest BCUT2D eigenvalue weighted by Crippen LogP contribution is -2.36. The second kappa shape index (κ2) is 1.60. The summed E-state index contributed by atoms with van der Waals surface area (Å²) < 4.78 is 0. The molecule has 0 aromatic rings. The first-order valence-corrected chi connectivity index (χ1v) is 4.86. The molecule has 3 aliphatic carbocycles. The number of hydrogen-bond acceptors (Lipinski definition) is 0. The topological polar surface area (TPSA) is 0 Å². The van der Waals surface area contributed by atoms with Crippen LogP contribution < -0.4 is 0 Å². The van der Waals surface area contributed by atoms with Gasteiger partial charge in [0.15, 0.2) is 0 Å². The molecule has 0 nitrogen and oxygen atoms in total. The van der Waals surface area contributed by atoms with E-state index in [2.05, 4.69) is 6.92 Å². The van der Waals surface area contributed by atoms with Crippen LogP contribution in [-0.4, -0.2) is 0 Å². The summed E-state index contributed by atoms with van der Waals surface area (Å²) >= 11 is 0. The smallest absolute Gasteiger partial charge is 0.0329 e. The molecule has 0 heterocycles. The maximum Gasteiger partial charge on any atom is -0.0329 e. The third-order valence-corrected chi connectivity index (χ3v) is 4.45. The van der Waals surface area contributed by atoms with Gasteiger partial charge in [-0.3, -0.25) is 0 Å². The van der Waals surface area contributed by atoms with E-state index in [0.29, 0.717) is 0 Å². The third-order valence-electron chi connectivity index (χ3n) is 4.45. The summed E-state index contributed by atoms with van der Waals surface area (Å²) in [6, 6.07) is 0. The first kappa shape index (κ1) is 5.62. The minimum Gasteiger partial charge on any atom is -0.0622 e. The van der Waals surface area contributed by atoms with Crippen LogP contribution in [-0.2, 0) is 0 Å². The highest BCUT2D eigenvalue weighted by Crippen LogP contribution is 2.63. The molecule has 5 atom stereocenters. The van der Waals surface area contributed by atoms with Gasteiger partial charge in [0, 0.05) is 0 Å². The summed E-state index contributed by atoms with van der Waals surface area (Å²) in [6.07, 6.45) is 6.33. The summed E-state index contributed by atoms with van der Waals surface area (Å²) in [6.45, 7) is 2.46. The van der Waals surface area contributed by atoms with Gasteiger partial charge in [-0.1, -0.05) is 6.92 Å². The maximum atomic E-state index is 2.46. The molecule has 0 bridgehead atoms. The van der Waals surface area contributed by atoms with E-state index < -0.39 is 0 Å². The van der Waals surface area contributed by atoms with E-state index >= 15 is 0 Å². The van der Waals surface area contributed by atoms with Gasteiger partial charge in [-0.15, -0.1) is 0 Å². The van der Waals surface area contributed by atoms with Crippen molar-refractivity contribution in [2.75, 3.05) is 0 Å². The zero-order valence-corrected chi connectivity index (χ0v) is 6.72. The first-order valence-electron chi connectivity index (χ1n) is 4.86. The van der Waals surface area contributed by atoms with E-state index in [1.807, 2.05) is 0 Å². The molecule has 0 radical (unpaired) electrons. The van der Waals surface area contributed by atoms with Gasteiger partial charge in [0.25, 0.3) is 0 Å². The fourth-order valence-corrected chi connectivity index (χ4v) is 3.87. The van der Waals surface area contributed by atoms with Crippen molar-refractivity contribution in [1.82, 2.24) is 0 Å². The summed E-state index contributed by atoms with van der Waals surface area (Å²) in [5, 5.41) is 0. The van der Waals surface area contributed by atoms with Crippen LogP contribution in [0.4, 0.5) is 0 Å². The second-order valence-corrected chi connectivity index (χ2v) is 4.79. The van der Waals surface area contributed by atoms with Crippen LogP contribution in [0.25, 0.3) is 0 Å². The molecule has 3 fully saturated rings. The molecular weight excluding hydrogens is 120 g/mol. The van der Waals surface area contributed by atoms with E-state index in [1.165, 1.54) is 23.7 Å². The molecule has 0 spiro atoms. The van der Waals surface area contributed by atoms with E-state index in [4.69, 9.17) is 0 Å². The zero-order chi connectivity index (χ0) is 6.72. The van der Waals surface area contributed by atoms with Crippen LogP contribution in [0.5, 0.6) is 0 Å². The van der Waals surface area contributed by atoms with Crippen LogP contribution in [0.15, 0.2) is 0 Å². The Hall–Kier alpha value is 0. The summed E-state index contributed by atoms with van der Waals surface area (Å²) in [4.78, 5) is 0. The molecule has 3 saturated carbocycles. The van der Waals surface area contributed by atoms with E-state index in [9.17, 15) is 0 Å². The zero-order valence-electron chi connectivity index (χ0n) is 6.72. The van der Waals surface area contributed by atoms with Crippen molar-refractivity contribution in [1.29, 1.82) is 0 Å². The predicted molar refractivity (Wildman–Crippen MR) is 41.6 cm³/mol. The summed E-state index contributed by atoms with van der Waals surface area (Å²) in [5.74, 6) is 5.88. The molecule has 0 saturated heterocycles. The van der Waals surface area contributed by atoms with Crippen molar-refractivity contribution in [3.63, 3.8) is 0 Å². The summed E-state index contributed by atoms with van der Waals surface area (Å²) in [7, 11) is 0. The molecular formula is C10H16. The van der Waals surface area contributed by atoms with E-state index in [0.717, 1.165) is 5.92 Å². The molecule has 0 aliphatic heterocycles. The minimum absolute atomic E-state index is 1.10. The Kier molecular flexibility index (Phi) is 0.898. The standard InChI is InChI=1S/C10H16/c1-6-4-8-5-7-2-3-9(7)10(6)8/h6-10H,2-5H2,1H3. The SMILES string of the molecule is CC1CC2CC3CCC3C12. The highest BCUT2D eigenvalue weighted by atomic mass is 14.6. The third kappa shape index (κ3) is 0.466. The molecule has 0 amide bonds. The van der Waals surface area contributed by atoms with Crippen molar-refractivity contribution in [3.05, 3.63) is 0 Å². The fraction of sp³-hybridized carbons (Fsp3) is 1.00. The van der Waals surface area contributed by atoms with Gasteiger partial charge in [0.05, 0.1) is 0 Å². The number of rotatable bonds is 0. The highest BCUT2D eigenvalue weighted by Gasteiger charge is 2.54. The Morgan fingerprint density at radius 2 is 1.90 bits per heavy atom. The molecule has 5 unspecified atom stereocenters. The Morgan fingerprint density at radius 1 is 1.00 bits per heavy atom. The van der Waals surface area contributed by atoms with Crippen molar-refractivity contribution >= 4 is 0 Å². The fourth-order valence-electron chi connectivity index (χ4n) is 3.87. The normalized spacial score (nSPS) is 63.9. The van der Waals surface area contributed by atoms with Gasteiger partial charge in [0.1, 0.15) is 0 Å². The Labute approximate surface area is 63.0 Å². The molecule has 3 aliphatic rings. The van der Waals surface area contributed by atoms with Crippen LogP contribution in [0.1, 0.15) is 32.6 Å². The van der Waals surface area contributed by atoms with Crippen molar-refractivity contribution in [2.45, 2.75) is 32.6 Å². The van der Waals surface area contributed by atoms with E-state index in [1.54, 1.807) is 25.7 Å². The largest absolute Gasteiger partial charge is 0.0622 e. The predicted octanol–water partition coefficient (Wildman–Crippen LogP) is 2.69. The van der Waals surface area contributed by atoms with Crippen LogP contribution in [0.3, 0.4) is 0 Å². The monoisotopic (exact) mass is 136 g/mol. The highest BCUT2D eigenvalue weighted by molar-refractivity contribution is 5.04. The van der Waals surface area contributed by atoms with Crippen molar-refractivity contribution < 1.29 is 0 Å². The molecule has 0 N–H and O–H groups in total. The number of fused-ring (bicyclic) bond motifs is 3. The molecule has 0 aromatic carbocycles. The molecule has 10 heavy (non-hydrogen) atoms. The van der Waals surface area contributed by atoms with Gasteiger partial charge in [0.2, 0.25) is 0 Å². The minimum atomic E-state index is 1.10. The van der Waals surface area contributed by atoms with Crippen LogP contribution in [0, 0.1) is 29.6 Å². The average molecular weight is 136 g/mol. The average Bonchev–Trinajstić information content (AvgIpc) is 2.06. The van der Waals surface area contributed by atoms with Gasteiger partial charge < -0.3 is 0 Å². The Morgan fingerprint density at radius 3 is 2.40 bits per heavy atom. The lowest BCUT2D eigenvalue weighted by molar-refractivity contribution is 0.0518. The van der Waals surface area contributed by atoms with Gasteiger partial charge >= 0.3 is 0 Å². The summed E-state index contributed by atoms with van der Waals surface area (Å²) in [5.41, 5.74) is 0.